The maximum Gasteiger partial charge on any atom is 0.250 e. The average Bonchev–Trinajstić information content (AvgIpc) is 2.13. The third-order valence-electron chi connectivity index (χ3n) is 1.94. The molecule has 0 aliphatic rings. The van der Waals surface area contributed by atoms with Gasteiger partial charge in [-0.25, -0.2) is 17.5 Å². The largest absolute Gasteiger partial charge is 0.366 e. The van der Waals surface area contributed by atoms with Crippen LogP contribution >= 0.6 is 0 Å². The van der Waals surface area contributed by atoms with E-state index in [1.54, 1.807) is 20.8 Å². The lowest BCUT2D eigenvalue weighted by atomic mass is 10.1. The minimum atomic E-state index is -4.01. The van der Waals surface area contributed by atoms with E-state index in [1.807, 2.05) is 0 Å². The Hall–Kier alpha value is -1.47. The molecule has 0 fully saturated rings. The van der Waals surface area contributed by atoms with Crippen LogP contribution in [0.1, 0.15) is 31.1 Å². The average molecular weight is 274 g/mol. The van der Waals surface area contributed by atoms with Crippen LogP contribution in [0, 0.1) is 5.82 Å². The lowest BCUT2D eigenvalue weighted by Gasteiger charge is -2.21. The summed E-state index contributed by atoms with van der Waals surface area (Å²) in [7, 11) is -4.01. The summed E-state index contributed by atoms with van der Waals surface area (Å²) in [5, 5.41) is 0. The molecule has 3 N–H and O–H groups in total. The SMILES string of the molecule is CC(C)(C)NS(=O)(=O)c1cc(F)ccc1C(N)=O. The molecule has 0 spiro atoms. The Kier molecular flexibility index (Phi) is 3.78. The van der Waals surface area contributed by atoms with Crippen molar-refractivity contribution in [2.24, 2.45) is 5.73 Å². The van der Waals surface area contributed by atoms with Gasteiger partial charge in [0.25, 0.3) is 0 Å². The first-order valence-corrected chi connectivity index (χ1v) is 6.64. The number of benzene rings is 1. The topological polar surface area (TPSA) is 89.3 Å². The second kappa shape index (κ2) is 4.66. The fraction of sp³-hybridized carbons (Fsp3) is 0.364. The number of carbonyl (C=O) groups excluding carboxylic acids is 1. The second-order valence-electron chi connectivity index (χ2n) is 4.86. The summed E-state index contributed by atoms with van der Waals surface area (Å²) in [6.07, 6.45) is 0. The van der Waals surface area contributed by atoms with Crippen LogP contribution in [0.5, 0.6) is 0 Å². The van der Waals surface area contributed by atoms with Gasteiger partial charge in [0.05, 0.1) is 10.5 Å². The van der Waals surface area contributed by atoms with Crippen molar-refractivity contribution < 1.29 is 17.6 Å². The third kappa shape index (κ3) is 3.51. The van der Waals surface area contributed by atoms with E-state index in [-0.39, 0.29) is 5.56 Å². The highest BCUT2D eigenvalue weighted by Gasteiger charge is 2.26. The van der Waals surface area contributed by atoms with Gasteiger partial charge in [-0.15, -0.1) is 0 Å². The van der Waals surface area contributed by atoms with Gasteiger partial charge in [-0.1, -0.05) is 0 Å². The Labute approximate surface area is 105 Å². The smallest absolute Gasteiger partial charge is 0.250 e. The van der Waals surface area contributed by atoms with Crippen molar-refractivity contribution in [3.63, 3.8) is 0 Å². The highest BCUT2D eigenvalue weighted by atomic mass is 32.2. The number of nitrogens with two attached hydrogens (primary N) is 1. The summed E-state index contributed by atoms with van der Waals surface area (Å²) in [5.74, 6) is -1.68. The molecule has 1 aromatic carbocycles. The molecule has 0 aliphatic heterocycles. The number of halogens is 1. The monoisotopic (exact) mass is 274 g/mol. The predicted molar refractivity (Wildman–Crippen MR) is 65.0 cm³/mol. The van der Waals surface area contributed by atoms with E-state index in [9.17, 15) is 17.6 Å². The Morgan fingerprint density at radius 2 is 1.89 bits per heavy atom. The minimum absolute atomic E-state index is 0.242. The standard InChI is InChI=1S/C11H15FN2O3S/c1-11(2,3)14-18(16,17)9-6-7(12)4-5-8(9)10(13)15/h4-6,14H,1-3H3,(H2,13,15). The Balaban J connectivity index is 3.40. The van der Waals surface area contributed by atoms with Crippen LogP contribution in [0.2, 0.25) is 0 Å². The van der Waals surface area contributed by atoms with E-state index in [0.717, 1.165) is 18.2 Å². The zero-order chi connectivity index (χ0) is 14.1. The molecule has 0 saturated heterocycles. The lowest BCUT2D eigenvalue weighted by Crippen LogP contribution is -2.41. The third-order valence-corrected chi connectivity index (χ3v) is 3.74. The molecule has 1 rings (SSSR count). The number of amides is 1. The van der Waals surface area contributed by atoms with Crippen LogP contribution < -0.4 is 10.5 Å². The summed E-state index contributed by atoms with van der Waals surface area (Å²) in [5.41, 5.74) is 4.08. The molecule has 1 aromatic rings. The molecule has 0 radical (unpaired) electrons. The highest BCUT2D eigenvalue weighted by Crippen LogP contribution is 2.19. The van der Waals surface area contributed by atoms with Gasteiger partial charge in [-0.05, 0) is 39.0 Å². The van der Waals surface area contributed by atoms with Crippen molar-refractivity contribution in [2.45, 2.75) is 31.2 Å². The van der Waals surface area contributed by atoms with E-state index >= 15 is 0 Å². The summed E-state index contributed by atoms with van der Waals surface area (Å²) in [6.45, 7) is 4.90. The van der Waals surface area contributed by atoms with Gasteiger partial charge >= 0.3 is 0 Å². The Morgan fingerprint density at radius 1 is 1.33 bits per heavy atom. The van der Waals surface area contributed by atoms with Crippen molar-refractivity contribution in [1.29, 1.82) is 0 Å². The number of hydrogen-bond donors (Lipinski definition) is 2. The Morgan fingerprint density at radius 3 is 2.33 bits per heavy atom. The van der Waals surface area contributed by atoms with E-state index in [4.69, 9.17) is 5.73 Å². The van der Waals surface area contributed by atoms with E-state index in [2.05, 4.69) is 4.72 Å². The van der Waals surface area contributed by atoms with Crippen molar-refractivity contribution in [3.05, 3.63) is 29.6 Å². The number of nitrogens with one attached hydrogen (secondary N) is 1. The van der Waals surface area contributed by atoms with Crippen LogP contribution in [-0.2, 0) is 10.0 Å². The minimum Gasteiger partial charge on any atom is -0.366 e. The van der Waals surface area contributed by atoms with Crippen LogP contribution in [0.25, 0.3) is 0 Å². The molecule has 0 aromatic heterocycles. The van der Waals surface area contributed by atoms with Gasteiger partial charge in [-0.3, -0.25) is 4.79 Å². The quantitative estimate of drug-likeness (QED) is 0.861. The van der Waals surface area contributed by atoms with Gasteiger partial charge < -0.3 is 5.73 Å². The maximum atomic E-state index is 13.1. The zero-order valence-corrected chi connectivity index (χ0v) is 11.1. The molecule has 0 bridgehead atoms. The van der Waals surface area contributed by atoms with Crippen LogP contribution in [0.4, 0.5) is 4.39 Å². The molecular weight excluding hydrogens is 259 g/mol. The van der Waals surface area contributed by atoms with Crippen molar-refractivity contribution in [3.8, 4) is 0 Å². The molecule has 7 heteroatoms. The first-order valence-electron chi connectivity index (χ1n) is 5.16. The molecule has 100 valence electrons. The predicted octanol–water partition coefficient (Wildman–Crippen LogP) is 1.00. The second-order valence-corrected chi connectivity index (χ2v) is 6.51. The Bertz CT molecular complexity index is 576. The zero-order valence-electron chi connectivity index (χ0n) is 10.3. The number of carbonyl (C=O) groups is 1. The first kappa shape index (κ1) is 14.6. The fourth-order valence-electron chi connectivity index (χ4n) is 1.38. The van der Waals surface area contributed by atoms with Gasteiger partial charge in [0.15, 0.2) is 0 Å². The molecule has 0 heterocycles. The maximum absolute atomic E-state index is 13.1. The van der Waals surface area contributed by atoms with Gasteiger partial charge in [0, 0.05) is 5.54 Å². The van der Waals surface area contributed by atoms with E-state index in [0.29, 0.717) is 0 Å². The van der Waals surface area contributed by atoms with Crippen LogP contribution in [0.15, 0.2) is 23.1 Å². The molecule has 1 amide bonds. The van der Waals surface area contributed by atoms with Crippen LogP contribution in [0.3, 0.4) is 0 Å². The molecule has 0 saturated carbocycles. The van der Waals surface area contributed by atoms with Crippen LogP contribution in [-0.4, -0.2) is 19.9 Å². The van der Waals surface area contributed by atoms with Crippen molar-refractivity contribution >= 4 is 15.9 Å². The summed E-state index contributed by atoms with van der Waals surface area (Å²) in [4.78, 5) is 10.7. The van der Waals surface area contributed by atoms with Crippen molar-refractivity contribution in [2.75, 3.05) is 0 Å². The van der Waals surface area contributed by atoms with E-state index in [1.165, 1.54) is 0 Å². The lowest BCUT2D eigenvalue weighted by molar-refractivity contribution is 0.0997. The molecule has 0 aliphatic carbocycles. The van der Waals surface area contributed by atoms with Gasteiger partial charge in [0.2, 0.25) is 15.9 Å². The van der Waals surface area contributed by atoms with Gasteiger partial charge in [0.1, 0.15) is 5.82 Å². The number of primary amides is 1. The molecule has 18 heavy (non-hydrogen) atoms. The number of sulfonamides is 1. The number of hydrogen-bond acceptors (Lipinski definition) is 3. The van der Waals surface area contributed by atoms with E-state index < -0.39 is 32.2 Å². The van der Waals surface area contributed by atoms with Crippen molar-refractivity contribution in [1.82, 2.24) is 4.72 Å². The highest BCUT2D eigenvalue weighted by molar-refractivity contribution is 7.89. The first-order chi connectivity index (χ1) is 8.03. The molecule has 0 unspecified atom stereocenters. The van der Waals surface area contributed by atoms with Gasteiger partial charge in [-0.2, -0.15) is 0 Å². The molecule has 0 atom stereocenters. The summed E-state index contributed by atoms with van der Waals surface area (Å²) in [6, 6.07) is 2.80. The fourth-order valence-corrected chi connectivity index (χ4v) is 3.02. The summed E-state index contributed by atoms with van der Waals surface area (Å²) >= 11 is 0. The molecule has 5 nitrogen and oxygen atoms in total. The summed E-state index contributed by atoms with van der Waals surface area (Å²) < 4.78 is 39.5. The molecular formula is C11H15FN2O3S. The number of rotatable bonds is 3. The normalized spacial score (nSPS) is 12.4.